The van der Waals surface area contributed by atoms with E-state index >= 15 is 0 Å². The van der Waals surface area contributed by atoms with Crippen molar-refractivity contribution in [2.24, 2.45) is 5.92 Å². The third-order valence-electron chi connectivity index (χ3n) is 5.52. The van der Waals surface area contributed by atoms with Gasteiger partial charge in [0.2, 0.25) is 0 Å². The molecule has 2 saturated carbocycles. The van der Waals surface area contributed by atoms with Crippen molar-refractivity contribution in [1.82, 2.24) is 4.98 Å². The van der Waals surface area contributed by atoms with Crippen LogP contribution in [0, 0.1) is 12.8 Å². The van der Waals surface area contributed by atoms with E-state index < -0.39 is 0 Å². The van der Waals surface area contributed by atoms with Crippen LogP contribution in [0.4, 0.5) is 0 Å². The molecular formula is C23H27NOS. The van der Waals surface area contributed by atoms with Gasteiger partial charge < -0.3 is 4.98 Å². The molecule has 0 atom stereocenters. The van der Waals surface area contributed by atoms with Gasteiger partial charge in [-0.3, -0.25) is 4.79 Å². The summed E-state index contributed by atoms with van der Waals surface area (Å²) in [5.41, 5.74) is 4.07. The third-order valence-corrected chi connectivity index (χ3v) is 6.87. The summed E-state index contributed by atoms with van der Waals surface area (Å²) in [5.74, 6) is 0.798. The summed E-state index contributed by atoms with van der Waals surface area (Å²) in [6.07, 6.45) is 11.6. The summed E-state index contributed by atoms with van der Waals surface area (Å²) < 4.78 is 0. The number of aromatic nitrogens is 1. The zero-order valence-corrected chi connectivity index (χ0v) is 16.3. The average Bonchev–Trinajstić information content (AvgIpc) is 3.30. The molecule has 0 unspecified atom stereocenters. The molecule has 0 spiro atoms. The molecule has 26 heavy (non-hydrogen) atoms. The standard InChI is InChI=1S/C23H27NOS/c1-16-6-15-22(24-23(16)25)21(14-7-17-4-2-3-5-17)18-8-10-19(11-9-18)26-20-12-13-20/h6,8-11,14-15,17,20H,2-5,7,12-13H2,1H3,(H,24,25)/b21-14-. The van der Waals surface area contributed by atoms with E-state index in [1.165, 1.54) is 49.0 Å². The minimum absolute atomic E-state index is 0.00942. The van der Waals surface area contributed by atoms with Crippen molar-refractivity contribution < 1.29 is 0 Å². The van der Waals surface area contributed by atoms with E-state index in [0.29, 0.717) is 0 Å². The number of hydrogen-bond donors (Lipinski definition) is 1. The van der Waals surface area contributed by atoms with Gasteiger partial charge in [0.25, 0.3) is 5.56 Å². The predicted octanol–water partition coefficient (Wildman–Crippen LogP) is 5.95. The maximum absolute atomic E-state index is 12.1. The minimum atomic E-state index is 0.00942. The summed E-state index contributed by atoms with van der Waals surface area (Å²) in [5, 5.41) is 0.826. The second-order valence-corrected chi connectivity index (χ2v) is 9.10. The lowest BCUT2D eigenvalue weighted by atomic mass is 9.96. The van der Waals surface area contributed by atoms with E-state index in [4.69, 9.17) is 0 Å². The van der Waals surface area contributed by atoms with Crippen molar-refractivity contribution in [3.05, 3.63) is 69.6 Å². The monoisotopic (exact) mass is 365 g/mol. The van der Waals surface area contributed by atoms with Gasteiger partial charge in [-0.1, -0.05) is 50.0 Å². The van der Waals surface area contributed by atoms with Crippen LogP contribution in [-0.2, 0) is 0 Å². The van der Waals surface area contributed by atoms with Crippen molar-refractivity contribution >= 4 is 17.3 Å². The van der Waals surface area contributed by atoms with Gasteiger partial charge in [-0.05, 0) is 55.9 Å². The van der Waals surface area contributed by atoms with Crippen LogP contribution >= 0.6 is 11.8 Å². The molecule has 4 rings (SSSR count). The molecule has 0 aliphatic heterocycles. The Bertz CT molecular complexity index is 839. The fourth-order valence-electron chi connectivity index (χ4n) is 3.71. The largest absolute Gasteiger partial charge is 0.322 e. The summed E-state index contributed by atoms with van der Waals surface area (Å²) in [6, 6.07) is 12.9. The van der Waals surface area contributed by atoms with Crippen LogP contribution in [0.15, 0.2) is 52.2 Å². The first kappa shape index (κ1) is 17.7. The first-order valence-corrected chi connectivity index (χ1v) is 10.7. The third kappa shape index (κ3) is 4.32. The SMILES string of the molecule is Cc1ccc(/C(=C\CC2CCCC2)c2ccc(SC3CC3)cc2)[nH]c1=O. The number of hydrogen-bond acceptors (Lipinski definition) is 2. The molecule has 1 aromatic carbocycles. The highest BCUT2D eigenvalue weighted by molar-refractivity contribution is 8.00. The number of allylic oxidation sites excluding steroid dienone is 1. The maximum atomic E-state index is 12.1. The van der Waals surface area contributed by atoms with Crippen molar-refractivity contribution in [3.8, 4) is 0 Å². The zero-order valence-electron chi connectivity index (χ0n) is 15.5. The van der Waals surface area contributed by atoms with E-state index in [0.717, 1.165) is 34.4 Å². The van der Waals surface area contributed by atoms with Crippen molar-refractivity contribution in [3.63, 3.8) is 0 Å². The van der Waals surface area contributed by atoms with Gasteiger partial charge in [0.1, 0.15) is 0 Å². The van der Waals surface area contributed by atoms with Crippen LogP contribution in [0.3, 0.4) is 0 Å². The Morgan fingerprint density at radius 2 is 1.81 bits per heavy atom. The van der Waals surface area contributed by atoms with Crippen LogP contribution < -0.4 is 5.56 Å². The van der Waals surface area contributed by atoms with E-state index in [2.05, 4.69) is 35.3 Å². The number of pyridine rings is 1. The molecule has 0 radical (unpaired) electrons. The fourth-order valence-corrected chi connectivity index (χ4v) is 4.76. The molecule has 0 bridgehead atoms. The van der Waals surface area contributed by atoms with E-state index in [1.807, 2.05) is 30.8 Å². The summed E-state index contributed by atoms with van der Waals surface area (Å²) in [7, 11) is 0. The normalized spacial score (nSPS) is 18.4. The van der Waals surface area contributed by atoms with Gasteiger partial charge in [-0.25, -0.2) is 0 Å². The van der Waals surface area contributed by atoms with E-state index in [-0.39, 0.29) is 5.56 Å². The Labute approximate surface area is 160 Å². The van der Waals surface area contributed by atoms with E-state index in [9.17, 15) is 4.79 Å². The topological polar surface area (TPSA) is 32.9 Å². The number of H-pyrrole nitrogens is 1. The lowest BCUT2D eigenvalue weighted by molar-refractivity contribution is 0.558. The van der Waals surface area contributed by atoms with Gasteiger partial charge in [-0.15, -0.1) is 11.8 Å². The van der Waals surface area contributed by atoms with Gasteiger partial charge in [0, 0.05) is 27.0 Å². The van der Waals surface area contributed by atoms with Crippen LogP contribution in [0.2, 0.25) is 0 Å². The number of aromatic amines is 1. The molecule has 3 heteroatoms. The number of rotatable bonds is 6. The maximum Gasteiger partial charge on any atom is 0.251 e. The van der Waals surface area contributed by atoms with Crippen LogP contribution in [-0.4, -0.2) is 10.2 Å². The molecule has 2 nitrogen and oxygen atoms in total. The highest BCUT2D eigenvalue weighted by Gasteiger charge is 2.22. The minimum Gasteiger partial charge on any atom is -0.322 e. The molecule has 2 fully saturated rings. The molecule has 1 aromatic heterocycles. The van der Waals surface area contributed by atoms with Crippen molar-refractivity contribution in [1.29, 1.82) is 0 Å². The smallest absolute Gasteiger partial charge is 0.251 e. The van der Waals surface area contributed by atoms with Crippen LogP contribution in [0.1, 0.15) is 61.8 Å². The first-order valence-electron chi connectivity index (χ1n) is 9.86. The van der Waals surface area contributed by atoms with Gasteiger partial charge in [-0.2, -0.15) is 0 Å². The Hall–Kier alpha value is -1.74. The number of thioether (sulfide) groups is 1. The van der Waals surface area contributed by atoms with E-state index in [1.54, 1.807) is 0 Å². The highest BCUT2D eigenvalue weighted by Crippen LogP contribution is 2.39. The quantitative estimate of drug-likeness (QED) is 0.686. The second kappa shape index (κ2) is 7.87. The molecular weight excluding hydrogens is 338 g/mol. The molecule has 2 aliphatic carbocycles. The molecule has 1 N–H and O–H groups in total. The molecule has 0 amide bonds. The molecule has 2 aromatic rings. The predicted molar refractivity (Wildman–Crippen MR) is 111 cm³/mol. The van der Waals surface area contributed by atoms with Crippen LogP contribution in [0.5, 0.6) is 0 Å². The number of benzene rings is 1. The summed E-state index contributed by atoms with van der Waals surface area (Å²) >= 11 is 1.99. The molecule has 1 heterocycles. The van der Waals surface area contributed by atoms with Gasteiger partial charge in [0.15, 0.2) is 0 Å². The lowest BCUT2D eigenvalue weighted by Crippen LogP contribution is -2.11. The summed E-state index contributed by atoms with van der Waals surface area (Å²) in [6.45, 7) is 1.86. The molecule has 0 saturated heterocycles. The first-order chi connectivity index (χ1) is 12.7. The van der Waals surface area contributed by atoms with Crippen molar-refractivity contribution in [2.45, 2.75) is 62.0 Å². The fraction of sp³-hybridized carbons (Fsp3) is 0.435. The van der Waals surface area contributed by atoms with Gasteiger partial charge in [0.05, 0.1) is 0 Å². The Kier molecular flexibility index (Phi) is 5.35. The number of nitrogens with one attached hydrogen (secondary N) is 1. The second-order valence-electron chi connectivity index (χ2n) is 7.73. The average molecular weight is 366 g/mol. The lowest BCUT2D eigenvalue weighted by Gasteiger charge is -2.12. The Morgan fingerprint density at radius 3 is 2.46 bits per heavy atom. The molecule has 136 valence electrons. The Balaban J connectivity index is 1.63. The Morgan fingerprint density at radius 1 is 1.08 bits per heavy atom. The number of aryl methyl sites for hydroxylation is 1. The van der Waals surface area contributed by atoms with Crippen LogP contribution in [0.25, 0.3) is 5.57 Å². The van der Waals surface area contributed by atoms with Crippen molar-refractivity contribution in [2.75, 3.05) is 0 Å². The zero-order chi connectivity index (χ0) is 17.9. The highest BCUT2D eigenvalue weighted by atomic mass is 32.2. The van der Waals surface area contributed by atoms with Gasteiger partial charge >= 0.3 is 0 Å². The molecule has 2 aliphatic rings. The summed E-state index contributed by atoms with van der Waals surface area (Å²) in [4.78, 5) is 16.6.